The summed E-state index contributed by atoms with van der Waals surface area (Å²) < 4.78 is 28.5. The zero-order valence-corrected chi connectivity index (χ0v) is 21.3. The highest BCUT2D eigenvalue weighted by atomic mass is 16.7. The van der Waals surface area contributed by atoms with Crippen molar-refractivity contribution in [3.8, 4) is 11.1 Å². The molecule has 2 aromatic carbocycles. The molecule has 8 nitrogen and oxygen atoms in total. The van der Waals surface area contributed by atoms with E-state index < -0.39 is 30.7 Å². The van der Waals surface area contributed by atoms with Crippen LogP contribution in [0.25, 0.3) is 11.1 Å². The summed E-state index contributed by atoms with van der Waals surface area (Å²) in [4.78, 5) is 27.6. The second-order valence-corrected chi connectivity index (χ2v) is 9.79. The quantitative estimate of drug-likeness (QED) is 0.471. The second-order valence-electron chi connectivity index (χ2n) is 9.79. The fourth-order valence-electron chi connectivity index (χ4n) is 5.21. The molecule has 0 bridgehead atoms. The first-order valence-corrected chi connectivity index (χ1v) is 13.2. The lowest BCUT2D eigenvalue weighted by Gasteiger charge is -2.31. The van der Waals surface area contributed by atoms with Crippen LogP contribution in [0.15, 0.2) is 48.5 Å². The molecule has 0 N–H and O–H groups in total. The molecule has 37 heavy (non-hydrogen) atoms. The third-order valence-electron chi connectivity index (χ3n) is 7.33. The Morgan fingerprint density at radius 2 is 1.49 bits per heavy atom. The lowest BCUT2D eigenvalue weighted by Crippen LogP contribution is -2.48. The van der Waals surface area contributed by atoms with Gasteiger partial charge in [-0.05, 0) is 54.4 Å². The average molecular weight is 510 g/mol. The Balaban J connectivity index is 1.25. The standard InChI is InChI=1S/C29H35NO7/c1-30(25(19-35-26-14-6-8-16-33-26)28(31)37-27-15-7-9-17-34-27)29(32)36-18-24-22-12-4-2-10-20(22)21-11-3-5-13-23(21)24/h2-5,10-13,24-27H,6-9,14-19H2,1H3/t25-,26?,27?/m1/s1. The Morgan fingerprint density at radius 3 is 2.08 bits per heavy atom. The predicted molar refractivity (Wildman–Crippen MR) is 136 cm³/mol. The van der Waals surface area contributed by atoms with Crippen molar-refractivity contribution < 1.29 is 33.3 Å². The Hall–Kier alpha value is -2.94. The van der Waals surface area contributed by atoms with Gasteiger partial charge in [-0.25, -0.2) is 9.59 Å². The number of esters is 1. The number of carbonyl (C=O) groups is 2. The Labute approximate surface area is 217 Å². The predicted octanol–water partition coefficient (Wildman–Crippen LogP) is 4.85. The molecule has 0 radical (unpaired) electrons. The Morgan fingerprint density at radius 1 is 0.892 bits per heavy atom. The van der Waals surface area contributed by atoms with Crippen LogP contribution < -0.4 is 0 Å². The monoisotopic (exact) mass is 509 g/mol. The molecule has 2 saturated heterocycles. The number of benzene rings is 2. The van der Waals surface area contributed by atoms with Gasteiger partial charge in [-0.2, -0.15) is 0 Å². The molecule has 0 aromatic heterocycles. The molecule has 2 aromatic rings. The number of amides is 1. The van der Waals surface area contributed by atoms with Crippen molar-refractivity contribution in [2.24, 2.45) is 0 Å². The molecule has 2 aliphatic heterocycles. The van der Waals surface area contributed by atoms with Gasteiger partial charge in [0.05, 0.1) is 13.2 Å². The lowest BCUT2D eigenvalue weighted by atomic mass is 9.98. The van der Waals surface area contributed by atoms with Crippen LogP contribution in [0.1, 0.15) is 55.6 Å². The largest absolute Gasteiger partial charge is 0.448 e. The molecular formula is C29H35NO7. The van der Waals surface area contributed by atoms with E-state index in [-0.39, 0.29) is 19.1 Å². The van der Waals surface area contributed by atoms with Crippen LogP contribution in [-0.2, 0) is 28.5 Å². The summed E-state index contributed by atoms with van der Waals surface area (Å²) in [6.07, 6.45) is 3.64. The van der Waals surface area contributed by atoms with E-state index in [1.54, 1.807) is 0 Å². The summed E-state index contributed by atoms with van der Waals surface area (Å²) in [5.41, 5.74) is 4.56. The van der Waals surface area contributed by atoms with Crippen molar-refractivity contribution in [1.82, 2.24) is 4.90 Å². The average Bonchev–Trinajstić information content (AvgIpc) is 3.26. The van der Waals surface area contributed by atoms with Crippen molar-refractivity contribution in [2.45, 2.75) is 63.1 Å². The molecule has 1 amide bonds. The van der Waals surface area contributed by atoms with Gasteiger partial charge in [0.1, 0.15) is 6.61 Å². The third-order valence-corrected chi connectivity index (χ3v) is 7.33. The summed E-state index contributed by atoms with van der Waals surface area (Å²) in [7, 11) is 1.54. The molecule has 198 valence electrons. The lowest BCUT2D eigenvalue weighted by molar-refractivity contribution is -0.200. The molecule has 0 saturated carbocycles. The number of nitrogens with zero attached hydrogens (tertiary/aromatic N) is 1. The number of rotatable bonds is 8. The van der Waals surface area contributed by atoms with E-state index in [0.717, 1.165) is 54.4 Å². The van der Waals surface area contributed by atoms with Crippen LogP contribution in [0, 0.1) is 0 Å². The van der Waals surface area contributed by atoms with Crippen molar-refractivity contribution in [3.63, 3.8) is 0 Å². The van der Waals surface area contributed by atoms with Crippen LogP contribution in [0.4, 0.5) is 4.79 Å². The first-order chi connectivity index (χ1) is 18.1. The SMILES string of the molecule is CN(C(=O)OCC1c2ccccc2-c2ccccc21)[C@H](COC1CCCCO1)C(=O)OC1CCCCO1. The number of likely N-dealkylation sites (N-methyl/N-ethyl adjacent to an activating group) is 1. The van der Waals surface area contributed by atoms with Crippen LogP contribution in [0.3, 0.4) is 0 Å². The third kappa shape index (κ3) is 5.98. The maximum Gasteiger partial charge on any atom is 0.410 e. The van der Waals surface area contributed by atoms with Gasteiger partial charge in [0.25, 0.3) is 0 Å². The number of hydrogen-bond acceptors (Lipinski definition) is 7. The molecule has 2 fully saturated rings. The van der Waals surface area contributed by atoms with Gasteiger partial charge in [-0.15, -0.1) is 0 Å². The maximum absolute atomic E-state index is 13.2. The van der Waals surface area contributed by atoms with E-state index in [2.05, 4.69) is 24.3 Å². The van der Waals surface area contributed by atoms with E-state index in [1.165, 1.54) is 11.9 Å². The van der Waals surface area contributed by atoms with E-state index in [9.17, 15) is 9.59 Å². The normalized spacial score (nSPS) is 22.0. The summed E-state index contributed by atoms with van der Waals surface area (Å²) in [6, 6.07) is 15.4. The minimum atomic E-state index is -0.980. The molecule has 3 aliphatic rings. The maximum atomic E-state index is 13.2. The molecule has 5 rings (SSSR count). The number of hydrogen-bond donors (Lipinski definition) is 0. The Kier molecular flexibility index (Phi) is 8.38. The summed E-state index contributed by atoms with van der Waals surface area (Å²) in [5, 5.41) is 0. The highest BCUT2D eigenvalue weighted by molar-refractivity contribution is 5.82. The topological polar surface area (TPSA) is 83.5 Å². The van der Waals surface area contributed by atoms with Gasteiger partial charge in [0.15, 0.2) is 12.3 Å². The fourth-order valence-corrected chi connectivity index (χ4v) is 5.21. The first kappa shape index (κ1) is 25.7. The van der Waals surface area contributed by atoms with E-state index in [1.807, 2.05) is 24.3 Å². The number of carbonyl (C=O) groups excluding carboxylic acids is 2. The van der Waals surface area contributed by atoms with Crippen molar-refractivity contribution in [2.75, 3.05) is 33.5 Å². The highest BCUT2D eigenvalue weighted by Gasteiger charge is 2.35. The molecule has 2 unspecified atom stereocenters. The fraction of sp³-hybridized carbons (Fsp3) is 0.517. The molecule has 8 heteroatoms. The van der Waals surface area contributed by atoms with Gasteiger partial charge in [0.2, 0.25) is 6.29 Å². The van der Waals surface area contributed by atoms with Crippen LogP contribution in [-0.4, -0.2) is 69.1 Å². The van der Waals surface area contributed by atoms with E-state index >= 15 is 0 Å². The van der Waals surface area contributed by atoms with Gasteiger partial charge in [-0.3, -0.25) is 4.90 Å². The van der Waals surface area contributed by atoms with Gasteiger partial charge in [0, 0.05) is 26.0 Å². The number of ether oxygens (including phenoxy) is 5. The van der Waals surface area contributed by atoms with Crippen molar-refractivity contribution >= 4 is 12.1 Å². The van der Waals surface area contributed by atoms with Gasteiger partial charge in [-0.1, -0.05) is 48.5 Å². The highest BCUT2D eigenvalue weighted by Crippen LogP contribution is 2.44. The zero-order valence-electron chi connectivity index (χ0n) is 21.3. The van der Waals surface area contributed by atoms with Crippen molar-refractivity contribution in [1.29, 1.82) is 0 Å². The van der Waals surface area contributed by atoms with Crippen LogP contribution in [0.5, 0.6) is 0 Å². The molecule has 2 heterocycles. The minimum Gasteiger partial charge on any atom is -0.448 e. The first-order valence-electron chi connectivity index (χ1n) is 13.2. The van der Waals surface area contributed by atoms with Crippen LogP contribution in [0.2, 0.25) is 0 Å². The summed E-state index contributed by atoms with van der Waals surface area (Å²) in [6.45, 7) is 1.30. The van der Waals surface area contributed by atoms with Crippen molar-refractivity contribution in [3.05, 3.63) is 59.7 Å². The molecule has 0 spiro atoms. The van der Waals surface area contributed by atoms with Crippen LogP contribution >= 0.6 is 0 Å². The van der Waals surface area contributed by atoms with Gasteiger partial charge < -0.3 is 23.7 Å². The van der Waals surface area contributed by atoms with Gasteiger partial charge >= 0.3 is 12.1 Å². The zero-order chi connectivity index (χ0) is 25.6. The molecule has 1 aliphatic carbocycles. The summed E-state index contributed by atoms with van der Waals surface area (Å²) >= 11 is 0. The minimum absolute atomic E-state index is 0.0447. The summed E-state index contributed by atoms with van der Waals surface area (Å²) in [5.74, 6) is -0.642. The Bertz CT molecular complexity index is 1030. The number of fused-ring (bicyclic) bond motifs is 3. The van der Waals surface area contributed by atoms with E-state index in [0.29, 0.717) is 19.6 Å². The smallest absolute Gasteiger partial charge is 0.410 e. The molecule has 3 atom stereocenters. The molecular weight excluding hydrogens is 474 g/mol. The second kappa shape index (κ2) is 12.1. The van der Waals surface area contributed by atoms with E-state index in [4.69, 9.17) is 23.7 Å².